The molecule has 2 nitrogen and oxygen atoms in total. The van der Waals surface area contributed by atoms with E-state index in [2.05, 4.69) is 56.4 Å². The summed E-state index contributed by atoms with van der Waals surface area (Å²) in [6.07, 6.45) is 2.23. The lowest BCUT2D eigenvalue weighted by Crippen LogP contribution is -2.14. The second-order valence-corrected chi connectivity index (χ2v) is 6.61. The van der Waals surface area contributed by atoms with Gasteiger partial charge in [-0.15, -0.1) is 11.3 Å². The number of thiazole rings is 1. The van der Waals surface area contributed by atoms with Crippen LogP contribution >= 0.6 is 11.3 Å². The van der Waals surface area contributed by atoms with Crippen LogP contribution in [-0.4, -0.2) is 11.5 Å². The van der Waals surface area contributed by atoms with E-state index in [0.717, 1.165) is 24.5 Å². The van der Waals surface area contributed by atoms with Crippen LogP contribution in [0.5, 0.6) is 0 Å². The van der Waals surface area contributed by atoms with Gasteiger partial charge in [0.25, 0.3) is 0 Å². The Morgan fingerprint density at radius 2 is 1.95 bits per heavy atom. The van der Waals surface area contributed by atoms with Gasteiger partial charge >= 0.3 is 0 Å². The fourth-order valence-electron chi connectivity index (χ4n) is 2.15. The molecule has 20 heavy (non-hydrogen) atoms. The predicted molar refractivity (Wildman–Crippen MR) is 88.1 cm³/mol. The van der Waals surface area contributed by atoms with E-state index in [1.807, 2.05) is 11.3 Å². The lowest BCUT2D eigenvalue weighted by atomic mass is 10.1. The quantitative estimate of drug-likeness (QED) is 0.758. The van der Waals surface area contributed by atoms with Gasteiger partial charge in [-0.3, -0.25) is 0 Å². The summed E-state index contributed by atoms with van der Waals surface area (Å²) in [6, 6.07) is 10.5. The Morgan fingerprint density at radius 1 is 1.20 bits per heavy atom. The molecule has 2 aromatic rings. The zero-order valence-electron chi connectivity index (χ0n) is 12.6. The first-order valence-electron chi connectivity index (χ1n) is 7.45. The van der Waals surface area contributed by atoms with Gasteiger partial charge in [-0.25, -0.2) is 4.98 Å². The van der Waals surface area contributed by atoms with Gasteiger partial charge in [0.2, 0.25) is 0 Å². The predicted octanol–water partition coefficient (Wildman–Crippen LogP) is 4.51. The van der Waals surface area contributed by atoms with Crippen molar-refractivity contribution in [1.82, 2.24) is 10.3 Å². The molecule has 0 unspecified atom stereocenters. The van der Waals surface area contributed by atoms with Gasteiger partial charge in [0.1, 0.15) is 5.01 Å². The summed E-state index contributed by atoms with van der Waals surface area (Å²) in [7, 11) is 0. The minimum atomic E-state index is 0.644. The van der Waals surface area contributed by atoms with Gasteiger partial charge < -0.3 is 5.32 Å². The molecular formula is C17H24N2S. The highest BCUT2D eigenvalue weighted by molar-refractivity contribution is 7.15. The molecule has 0 fully saturated rings. The highest BCUT2D eigenvalue weighted by atomic mass is 32.1. The number of rotatable bonds is 7. The normalized spacial score (nSPS) is 11.2. The van der Waals surface area contributed by atoms with Crippen LogP contribution in [0.4, 0.5) is 0 Å². The van der Waals surface area contributed by atoms with Crippen LogP contribution in [0, 0.1) is 5.92 Å². The molecule has 1 N–H and O–H groups in total. The van der Waals surface area contributed by atoms with E-state index >= 15 is 0 Å². The van der Waals surface area contributed by atoms with E-state index in [4.69, 9.17) is 4.98 Å². The van der Waals surface area contributed by atoms with Crippen LogP contribution in [0.3, 0.4) is 0 Å². The number of nitrogens with one attached hydrogen (secondary N) is 1. The minimum absolute atomic E-state index is 0.644. The van der Waals surface area contributed by atoms with Gasteiger partial charge in [0, 0.05) is 17.0 Å². The number of hydrogen-bond acceptors (Lipinski definition) is 3. The van der Waals surface area contributed by atoms with E-state index < -0.39 is 0 Å². The van der Waals surface area contributed by atoms with Gasteiger partial charge in [-0.1, -0.05) is 51.1 Å². The lowest BCUT2D eigenvalue weighted by molar-refractivity contribution is 0.623. The molecule has 0 amide bonds. The largest absolute Gasteiger partial charge is 0.312 e. The first-order valence-corrected chi connectivity index (χ1v) is 8.27. The number of aromatic nitrogens is 1. The summed E-state index contributed by atoms with van der Waals surface area (Å²) in [4.78, 5) is 6.27. The van der Waals surface area contributed by atoms with E-state index in [1.165, 1.54) is 22.6 Å². The summed E-state index contributed by atoms with van der Waals surface area (Å²) >= 11 is 1.83. The van der Waals surface area contributed by atoms with Gasteiger partial charge in [-0.2, -0.15) is 0 Å². The summed E-state index contributed by atoms with van der Waals surface area (Å²) in [6.45, 7) is 8.72. The molecule has 0 saturated carbocycles. The Kier molecular flexibility index (Phi) is 5.74. The minimum Gasteiger partial charge on any atom is -0.312 e. The molecule has 3 heteroatoms. The molecule has 0 bridgehead atoms. The van der Waals surface area contributed by atoms with E-state index in [-0.39, 0.29) is 0 Å². The zero-order chi connectivity index (χ0) is 14.4. The van der Waals surface area contributed by atoms with Gasteiger partial charge in [-0.05, 0) is 25.3 Å². The average Bonchev–Trinajstić information content (AvgIpc) is 2.83. The van der Waals surface area contributed by atoms with Crippen molar-refractivity contribution in [2.45, 2.75) is 40.2 Å². The summed E-state index contributed by atoms with van der Waals surface area (Å²) in [5, 5.41) is 4.65. The van der Waals surface area contributed by atoms with Crippen molar-refractivity contribution in [3.63, 3.8) is 0 Å². The molecule has 2 rings (SSSR count). The average molecular weight is 288 g/mol. The lowest BCUT2D eigenvalue weighted by Gasteiger charge is -2.05. The Labute approximate surface area is 126 Å². The first-order chi connectivity index (χ1) is 9.70. The second-order valence-electron chi connectivity index (χ2n) is 5.53. The van der Waals surface area contributed by atoms with E-state index in [9.17, 15) is 0 Å². The van der Waals surface area contributed by atoms with Crippen molar-refractivity contribution in [3.8, 4) is 10.6 Å². The maximum atomic E-state index is 4.88. The number of nitrogens with zero attached hydrogens (tertiary/aromatic N) is 1. The van der Waals surface area contributed by atoms with Crippen LogP contribution in [0.1, 0.15) is 37.8 Å². The van der Waals surface area contributed by atoms with Crippen molar-refractivity contribution in [2.24, 2.45) is 5.92 Å². The second kappa shape index (κ2) is 7.55. The Bertz CT molecular complexity index is 517. The SMILES string of the molecule is CCCNCc1sc(-c2ccccc2)nc1CC(C)C. The van der Waals surface area contributed by atoms with Crippen molar-refractivity contribution in [1.29, 1.82) is 0 Å². The van der Waals surface area contributed by atoms with Crippen LogP contribution in [0.15, 0.2) is 30.3 Å². The van der Waals surface area contributed by atoms with Gasteiger partial charge in [0.05, 0.1) is 5.69 Å². The van der Waals surface area contributed by atoms with Crippen LogP contribution in [-0.2, 0) is 13.0 Å². The highest BCUT2D eigenvalue weighted by Gasteiger charge is 2.13. The van der Waals surface area contributed by atoms with Crippen LogP contribution in [0.2, 0.25) is 0 Å². The molecule has 108 valence electrons. The van der Waals surface area contributed by atoms with Crippen LogP contribution in [0.25, 0.3) is 10.6 Å². The first kappa shape index (κ1) is 15.2. The van der Waals surface area contributed by atoms with Gasteiger partial charge in [0.15, 0.2) is 0 Å². The number of benzene rings is 1. The Balaban J connectivity index is 2.22. The van der Waals surface area contributed by atoms with Crippen molar-refractivity contribution in [3.05, 3.63) is 40.9 Å². The number of hydrogen-bond donors (Lipinski definition) is 1. The third-order valence-corrected chi connectivity index (χ3v) is 4.26. The molecule has 1 aromatic heterocycles. The molecular weight excluding hydrogens is 264 g/mol. The fourth-order valence-corrected chi connectivity index (χ4v) is 3.21. The molecule has 1 aromatic carbocycles. The third-order valence-electron chi connectivity index (χ3n) is 3.11. The summed E-state index contributed by atoms with van der Waals surface area (Å²) in [5.74, 6) is 0.644. The third kappa shape index (κ3) is 4.15. The Morgan fingerprint density at radius 3 is 2.60 bits per heavy atom. The molecule has 0 aliphatic carbocycles. The fraction of sp³-hybridized carbons (Fsp3) is 0.471. The van der Waals surface area contributed by atoms with Crippen molar-refractivity contribution < 1.29 is 0 Å². The highest BCUT2D eigenvalue weighted by Crippen LogP contribution is 2.29. The maximum Gasteiger partial charge on any atom is 0.123 e. The van der Waals surface area contributed by atoms with Crippen molar-refractivity contribution >= 4 is 11.3 Å². The maximum absolute atomic E-state index is 4.88. The molecule has 0 radical (unpaired) electrons. The molecule has 0 saturated heterocycles. The topological polar surface area (TPSA) is 24.9 Å². The monoisotopic (exact) mass is 288 g/mol. The molecule has 0 atom stereocenters. The molecule has 1 heterocycles. The van der Waals surface area contributed by atoms with Crippen LogP contribution < -0.4 is 5.32 Å². The standard InChI is InChI=1S/C17H24N2S/c1-4-10-18-12-16-15(11-13(2)3)19-17(20-16)14-8-6-5-7-9-14/h5-9,13,18H,4,10-12H2,1-3H3. The van der Waals surface area contributed by atoms with E-state index in [1.54, 1.807) is 0 Å². The molecule has 0 aliphatic rings. The molecule has 0 aliphatic heterocycles. The molecule has 0 spiro atoms. The van der Waals surface area contributed by atoms with E-state index in [0.29, 0.717) is 5.92 Å². The zero-order valence-corrected chi connectivity index (χ0v) is 13.5. The summed E-state index contributed by atoms with van der Waals surface area (Å²) < 4.78 is 0. The Hall–Kier alpha value is -1.19. The summed E-state index contributed by atoms with van der Waals surface area (Å²) in [5.41, 5.74) is 2.50. The van der Waals surface area contributed by atoms with Crippen molar-refractivity contribution in [2.75, 3.05) is 6.54 Å². The smallest absolute Gasteiger partial charge is 0.123 e.